The fourth-order valence-electron chi connectivity index (χ4n) is 2.59. The predicted octanol–water partition coefficient (Wildman–Crippen LogP) is 3.40. The molecule has 26 heavy (non-hydrogen) atoms. The highest BCUT2D eigenvalue weighted by Crippen LogP contribution is 2.49. The van der Waals surface area contributed by atoms with E-state index in [0.717, 1.165) is 4.47 Å². The van der Waals surface area contributed by atoms with E-state index in [1.165, 1.54) is 4.90 Å². The van der Waals surface area contributed by atoms with Gasteiger partial charge in [0.1, 0.15) is 12.3 Å². The SMILES string of the molecule is CCOP(=O)(CN1CC[C@H](NC(=O)Nc2ccc(Br)cc2)C1=O)OCC. The third-order valence-electron chi connectivity index (χ3n) is 3.70. The highest BCUT2D eigenvalue weighted by molar-refractivity contribution is 9.10. The number of likely N-dealkylation sites (tertiary alicyclic amines) is 1. The molecule has 1 fully saturated rings. The Labute approximate surface area is 161 Å². The largest absolute Gasteiger partial charge is 0.349 e. The lowest BCUT2D eigenvalue weighted by molar-refractivity contribution is -0.128. The molecule has 1 heterocycles. The third kappa shape index (κ3) is 5.81. The molecule has 2 N–H and O–H groups in total. The second-order valence-corrected chi connectivity index (χ2v) is 8.57. The lowest BCUT2D eigenvalue weighted by atomic mass is 10.2. The van der Waals surface area contributed by atoms with Crippen molar-refractivity contribution in [2.45, 2.75) is 26.3 Å². The third-order valence-corrected chi connectivity index (χ3v) is 6.22. The zero-order valence-electron chi connectivity index (χ0n) is 14.7. The van der Waals surface area contributed by atoms with Crippen LogP contribution in [0.1, 0.15) is 20.3 Å². The first-order chi connectivity index (χ1) is 12.4. The van der Waals surface area contributed by atoms with Crippen LogP contribution in [-0.4, -0.2) is 48.9 Å². The van der Waals surface area contributed by atoms with Gasteiger partial charge < -0.3 is 24.6 Å². The maximum absolute atomic E-state index is 12.6. The van der Waals surface area contributed by atoms with E-state index >= 15 is 0 Å². The summed E-state index contributed by atoms with van der Waals surface area (Å²) >= 11 is 3.32. The van der Waals surface area contributed by atoms with Crippen molar-refractivity contribution in [2.24, 2.45) is 0 Å². The average molecular weight is 448 g/mol. The van der Waals surface area contributed by atoms with Crippen LogP contribution in [0.3, 0.4) is 0 Å². The second-order valence-electron chi connectivity index (χ2n) is 5.64. The molecule has 0 spiro atoms. The summed E-state index contributed by atoms with van der Waals surface area (Å²) in [7, 11) is -3.35. The van der Waals surface area contributed by atoms with Gasteiger partial charge in [0.05, 0.1) is 13.2 Å². The standard InChI is InChI=1S/C16H23BrN3O5P/c1-3-24-26(23,25-4-2)11-20-10-9-14(15(20)21)19-16(22)18-13-7-5-12(17)6-8-13/h5-8,14H,3-4,9-11H2,1-2H3,(H2,18,19,22)/t14-/m0/s1. The number of hydrogen-bond donors (Lipinski definition) is 2. The van der Waals surface area contributed by atoms with Crippen LogP contribution < -0.4 is 10.6 Å². The predicted molar refractivity (Wildman–Crippen MR) is 102 cm³/mol. The molecule has 1 saturated heterocycles. The summed E-state index contributed by atoms with van der Waals surface area (Å²) in [6, 6.07) is 5.96. The monoisotopic (exact) mass is 447 g/mol. The Morgan fingerprint density at radius 2 is 1.88 bits per heavy atom. The fourth-order valence-corrected chi connectivity index (χ4v) is 4.58. The van der Waals surface area contributed by atoms with Crippen molar-refractivity contribution in [3.8, 4) is 0 Å². The number of benzene rings is 1. The van der Waals surface area contributed by atoms with Gasteiger partial charge in [-0.25, -0.2) is 4.79 Å². The van der Waals surface area contributed by atoms with Crippen molar-refractivity contribution in [3.05, 3.63) is 28.7 Å². The molecule has 0 saturated carbocycles. The molecule has 8 nitrogen and oxygen atoms in total. The Balaban J connectivity index is 1.90. The van der Waals surface area contributed by atoms with Gasteiger partial charge in [0.15, 0.2) is 0 Å². The van der Waals surface area contributed by atoms with Crippen LogP contribution >= 0.6 is 23.5 Å². The Bertz CT molecular complexity index is 675. The first-order valence-corrected chi connectivity index (χ1v) is 10.9. The molecule has 0 aromatic heterocycles. The molecule has 1 aromatic rings. The minimum atomic E-state index is -3.35. The number of anilines is 1. The highest BCUT2D eigenvalue weighted by atomic mass is 79.9. The van der Waals surface area contributed by atoms with E-state index < -0.39 is 19.7 Å². The van der Waals surface area contributed by atoms with Crippen LogP contribution in [0.2, 0.25) is 0 Å². The van der Waals surface area contributed by atoms with E-state index in [0.29, 0.717) is 18.7 Å². The zero-order chi connectivity index (χ0) is 19.2. The van der Waals surface area contributed by atoms with Crippen LogP contribution in [0.25, 0.3) is 0 Å². The minimum absolute atomic E-state index is 0.111. The molecular formula is C16H23BrN3O5P. The van der Waals surface area contributed by atoms with Crippen LogP contribution in [-0.2, 0) is 18.4 Å². The summed E-state index contributed by atoms with van der Waals surface area (Å²) in [5.41, 5.74) is 0.616. The lowest BCUT2D eigenvalue weighted by Gasteiger charge is -2.23. The van der Waals surface area contributed by atoms with Crippen molar-refractivity contribution < 1.29 is 23.2 Å². The lowest BCUT2D eigenvalue weighted by Crippen LogP contribution is -2.43. The van der Waals surface area contributed by atoms with E-state index in [9.17, 15) is 14.2 Å². The van der Waals surface area contributed by atoms with Gasteiger partial charge in [-0.2, -0.15) is 0 Å². The van der Waals surface area contributed by atoms with E-state index in [1.807, 2.05) is 0 Å². The number of urea groups is 1. The molecular weight excluding hydrogens is 425 g/mol. The number of carbonyl (C=O) groups excluding carboxylic acids is 2. The first kappa shape index (κ1) is 20.9. The molecule has 10 heteroatoms. The molecule has 2 rings (SSSR count). The molecule has 1 aliphatic heterocycles. The van der Waals surface area contributed by atoms with Crippen molar-refractivity contribution >= 4 is 41.2 Å². The summed E-state index contributed by atoms with van der Waals surface area (Å²) in [5.74, 6) is -0.296. The van der Waals surface area contributed by atoms with Gasteiger partial charge in [-0.3, -0.25) is 9.36 Å². The molecule has 1 aromatic carbocycles. The van der Waals surface area contributed by atoms with E-state index in [2.05, 4.69) is 26.6 Å². The molecule has 144 valence electrons. The van der Waals surface area contributed by atoms with Crippen LogP contribution in [0.4, 0.5) is 10.5 Å². The molecule has 1 aliphatic rings. The molecule has 0 unspecified atom stereocenters. The van der Waals surface area contributed by atoms with Crippen molar-refractivity contribution in [1.29, 1.82) is 0 Å². The van der Waals surface area contributed by atoms with Crippen molar-refractivity contribution in [2.75, 3.05) is 31.4 Å². The van der Waals surface area contributed by atoms with E-state index in [1.54, 1.807) is 38.1 Å². The number of halogens is 1. The number of nitrogens with zero attached hydrogens (tertiary/aromatic N) is 1. The minimum Gasteiger partial charge on any atom is -0.329 e. The van der Waals surface area contributed by atoms with Crippen LogP contribution in [0, 0.1) is 0 Å². The molecule has 3 amide bonds. The van der Waals surface area contributed by atoms with Crippen LogP contribution in [0.15, 0.2) is 28.7 Å². The Hall–Kier alpha value is -1.41. The summed E-state index contributed by atoms with van der Waals surface area (Å²) in [6.07, 6.45) is 0.324. The summed E-state index contributed by atoms with van der Waals surface area (Å²) in [4.78, 5) is 26.0. The summed E-state index contributed by atoms with van der Waals surface area (Å²) < 4.78 is 23.9. The van der Waals surface area contributed by atoms with Gasteiger partial charge in [-0.15, -0.1) is 0 Å². The quantitative estimate of drug-likeness (QED) is 0.595. The van der Waals surface area contributed by atoms with Gasteiger partial charge in [-0.05, 0) is 44.5 Å². The number of carbonyl (C=O) groups is 2. The molecule has 0 aliphatic carbocycles. The molecule has 1 atom stereocenters. The van der Waals surface area contributed by atoms with E-state index in [4.69, 9.17) is 9.05 Å². The second kappa shape index (κ2) is 9.50. The zero-order valence-corrected chi connectivity index (χ0v) is 17.2. The van der Waals surface area contributed by atoms with E-state index in [-0.39, 0.29) is 25.4 Å². The number of hydrogen-bond acceptors (Lipinski definition) is 5. The van der Waals surface area contributed by atoms with Crippen molar-refractivity contribution in [3.63, 3.8) is 0 Å². The number of nitrogens with one attached hydrogen (secondary N) is 2. The van der Waals surface area contributed by atoms with Crippen LogP contribution in [0.5, 0.6) is 0 Å². The molecule has 0 radical (unpaired) electrons. The Morgan fingerprint density at radius 3 is 2.46 bits per heavy atom. The summed E-state index contributed by atoms with van der Waals surface area (Å²) in [5, 5.41) is 5.32. The maximum Gasteiger partial charge on any atom is 0.349 e. The van der Waals surface area contributed by atoms with Gasteiger partial charge in [0, 0.05) is 16.7 Å². The normalized spacial score (nSPS) is 17.4. The van der Waals surface area contributed by atoms with Gasteiger partial charge in [0.25, 0.3) is 0 Å². The summed E-state index contributed by atoms with van der Waals surface area (Å²) in [6.45, 7) is 4.28. The average Bonchev–Trinajstić information content (AvgIpc) is 2.90. The fraction of sp³-hybridized carbons (Fsp3) is 0.500. The smallest absolute Gasteiger partial charge is 0.329 e. The highest BCUT2D eigenvalue weighted by Gasteiger charge is 2.38. The number of amides is 3. The number of rotatable bonds is 8. The maximum atomic E-state index is 12.6. The topological polar surface area (TPSA) is 97.0 Å². The Morgan fingerprint density at radius 1 is 1.27 bits per heavy atom. The van der Waals surface area contributed by atoms with Gasteiger partial charge in [0.2, 0.25) is 5.91 Å². The molecule has 0 bridgehead atoms. The van der Waals surface area contributed by atoms with Gasteiger partial charge >= 0.3 is 13.6 Å². The Kier molecular flexibility index (Phi) is 7.64. The van der Waals surface area contributed by atoms with Gasteiger partial charge in [-0.1, -0.05) is 15.9 Å². The van der Waals surface area contributed by atoms with Crippen molar-refractivity contribution in [1.82, 2.24) is 10.2 Å². The first-order valence-electron chi connectivity index (χ1n) is 8.37.